The van der Waals surface area contributed by atoms with E-state index >= 15 is 4.39 Å². The summed E-state index contributed by atoms with van der Waals surface area (Å²) < 4.78 is 25.5. The van der Waals surface area contributed by atoms with E-state index in [0.29, 0.717) is 61.3 Å². The number of hydrogen-bond acceptors (Lipinski definition) is 9. The number of halogens is 1. The number of rotatable bonds is 11. The average molecular weight is 915 g/mol. The number of methoxy groups -OCH3 is 2. The lowest BCUT2D eigenvalue weighted by atomic mass is 9.63. The van der Waals surface area contributed by atoms with E-state index in [1.54, 1.807) is 29.0 Å². The number of nitrogens with one attached hydrogen (secondary N) is 4. The van der Waals surface area contributed by atoms with Crippen molar-refractivity contribution in [3.05, 3.63) is 93.9 Å². The normalized spacial score (nSPS) is 22.9. The number of benzene rings is 3. The van der Waals surface area contributed by atoms with Gasteiger partial charge in [-0.15, -0.1) is 0 Å². The second-order valence-electron chi connectivity index (χ2n) is 19.5. The molecule has 2 saturated heterocycles. The minimum absolute atomic E-state index is 0.0622. The summed E-state index contributed by atoms with van der Waals surface area (Å²) in [7, 11) is 2.54. The van der Waals surface area contributed by atoms with Crippen molar-refractivity contribution in [2.75, 3.05) is 27.3 Å². The van der Waals surface area contributed by atoms with Crippen LogP contribution in [-0.2, 0) is 25.5 Å². The van der Waals surface area contributed by atoms with E-state index in [1.807, 2.05) is 52.0 Å². The molecule has 9 rings (SSSR count). The van der Waals surface area contributed by atoms with Crippen LogP contribution in [0.25, 0.3) is 44.4 Å². The van der Waals surface area contributed by atoms with Crippen LogP contribution in [-0.4, -0.2) is 98.8 Å². The summed E-state index contributed by atoms with van der Waals surface area (Å²) in [4.78, 5) is 85.0. The number of nitrogens with zero attached hydrogens (tertiary/aromatic N) is 4. The van der Waals surface area contributed by atoms with Crippen LogP contribution in [0.5, 0.6) is 0 Å². The molecule has 67 heavy (non-hydrogen) atoms. The largest absolute Gasteiger partial charge is 0.453 e. The molecule has 3 fully saturated rings. The Morgan fingerprint density at radius 3 is 1.93 bits per heavy atom. The van der Waals surface area contributed by atoms with E-state index in [0.717, 1.165) is 57.5 Å². The van der Waals surface area contributed by atoms with Crippen LogP contribution in [0.1, 0.15) is 108 Å². The monoisotopic (exact) mass is 914 g/mol. The van der Waals surface area contributed by atoms with Gasteiger partial charge in [-0.1, -0.05) is 70.2 Å². The van der Waals surface area contributed by atoms with Crippen molar-refractivity contribution < 1.29 is 33.0 Å². The zero-order chi connectivity index (χ0) is 47.5. The molecule has 2 aromatic heterocycles. The molecule has 352 valence electrons. The van der Waals surface area contributed by atoms with Crippen LogP contribution in [0.4, 0.5) is 14.0 Å². The van der Waals surface area contributed by atoms with Gasteiger partial charge in [0.05, 0.1) is 49.1 Å². The van der Waals surface area contributed by atoms with Crippen LogP contribution in [0.2, 0.25) is 0 Å². The van der Waals surface area contributed by atoms with Crippen LogP contribution < -0.4 is 16.2 Å². The first-order valence-corrected chi connectivity index (χ1v) is 23.4. The molecule has 2 aliphatic carbocycles. The second-order valence-corrected chi connectivity index (χ2v) is 19.5. The van der Waals surface area contributed by atoms with Crippen molar-refractivity contribution in [1.82, 2.24) is 40.4 Å². The Morgan fingerprint density at radius 1 is 0.776 bits per heavy atom. The van der Waals surface area contributed by atoms with Crippen LogP contribution in [0, 0.1) is 17.8 Å². The lowest BCUT2D eigenvalue weighted by Crippen LogP contribution is -2.51. The Labute approximate surface area is 388 Å². The first kappa shape index (κ1) is 45.6. The molecule has 4 heterocycles. The topological polar surface area (TPSA) is 192 Å². The molecule has 0 radical (unpaired) electrons. The van der Waals surface area contributed by atoms with Crippen molar-refractivity contribution in [3.63, 3.8) is 0 Å². The van der Waals surface area contributed by atoms with E-state index in [2.05, 4.69) is 44.9 Å². The quantitative estimate of drug-likeness (QED) is 0.101. The van der Waals surface area contributed by atoms with Crippen LogP contribution >= 0.6 is 0 Å². The summed E-state index contributed by atoms with van der Waals surface area (Å²) in [6.45, 7) is 10.2. The van der Waals surface area contributed by atoms with Gasteiger partial charge in [0.1, 0.15) is 29.4 Å². The predicted molar refractivity (Wildman–Crippen MR) is 251 cm³/mol. The number of carbonyl (C=O) groups is 4. The molecule has 3 unspecified atom stereocenters. The number of hydrogen-bond donors (Lipinski definition) is 4. The molecule has 4 N–H and O–H groups in total. The number of alkyl halides is 1. The number of H-pyrrole nitrogens is 2. The number of carbonyl (C=O) groups excluding carboxylic acids is 4. The maximum atomic E-state index is 15.9. The highest BCUT2D eigenvalue weighted by Gasteiger charge is 2.56. The number of amides is 4. The lowest BCUT2D eigenvalue weighted by molar-refractivity contribution is -0.136. The summed E-state index contributed by atoms with van der Waals surface area (Å²) in [6.07, 6.45) is 4.36. The Hall–Kier alpha value is -6.58. The summed E-state index contributed by atoms with van der Waals surface area (Å²) in [5, 5.41) is 5.79. The maximum Gasteiger partial charge on any atom is 0.407 e. The lowest BCUT2D eigenvalue weighted by Gasteiger charge is -2.44. The van der Waals surface area contributed by atoms with Crippen molar-refractivity contribution in [2.45, 2.75) is 109 Å². The zero-order valence-corrected chi connectivity index (χ0v) is 39.1. The van der Waals surface area contributed by atoms with Crippen molar-refractivity contribution in [2.24, 2.45) is 17.8 Å². The van der Waals surface area contributed by atoms with Crippen molar-refractivity contribution in [1.29, 1.82) is 0 Å². The number of alkyl carbamates (subject to hydrolysis) is 2. The minimum Gasteiger partial charge on any atom is -0.453 e. The zero-order valence-electron chi connectivity index (χ0n) is 39.1. The van der Waals surface area contributed by atoms with Gasteiger partial charge in [-0.3, -0.25) is 14.4 Å². The van der Waals surface area contributed by atoms with Crippen molar-refractivity contribution >= 4 is 34.9 Å². The number of fused-ring (bicyclic) bond motifs is 4. The summed E-state index contributed by atoms with van der Waals surface area (Å²) in [5.41, 5.74) is 6.82. The third-order valence-electron chi connectivity index (χ3n) is 14.7. The van der Waals surface area contributed by atoms with E-state index in [-0.39, 0.29) is 47.1 Å². The Balaban J connectivity index is 0.994. The van der Waals surface area contributed by atoms with Crippen LogP contribution in [0.3, 0.4) is 0 Å². The predicted octanol–water partition coefficient (Wildman–Crippen LogP) is 8.12. The van der Waals surface area contributed by atoms with Gasteiger partial charge in [0.2, 0.25) is 11.8 Å². The number of aromatic nitrogens is 4. The average Bonchev–Trinajstić information content (AvgIpc) is 4.15. The molecule has 4 aliphatic rings. The molecular weight excluding hydrogens is 856 g/mol. The highest BCUT2D eigenvalue weighted by Crippen LogP contribution is 2.62. The third kappa shape index (κ3) is 8.32. The standard InChI is InChI=1S/C51H59FN8O7/c1-26(2)42(56-49(64)66-6)47(62)59-20-8-10-39(59)44-53-25-38(55-44)29-14-12-28(13-15-29)32-19-18-31(34-23-36-35(41(32)34)24-51(36,5)52)30-16-17-33-37(22-30)54-45(58-46(33)61)40-11-9-21-60(40)48(63)43(27(3)4)57-50(65)67-7/h12-19,22,25-27,35-36,39-40,42-43H,8-11,20-21,23-24H2,1-7H3,(H,53,55)(H,56,64)(H,57,65)(H,54,58,61)/t35?,36?,39-,40-,42-,43-,51?/m0/s1. The van der Waals surface area contributed by atoms with Gasteiger partial charge in [-0.05, 0) is 114 Å². The molecule has 7 atom stereocenters. The molecule has 0 bridgehead atoms. The first-order valence-electron chi connectivity index (χ1n) is 23.4. The molecule has 15 nitrogen and oxygen atoms in total. The van der Waals surface area contributed by atoms with Gasteiger partial charge in [-0.2, -0.15) is 0 Å². The van der Waals surface area contributed by atoms with Crippen LogP contribution in [0.15, 0.2) is 65.6 Å². The van der Waals surface area contributed by atoms with Crippen molar-refractivity contribution in [3.8, 4) is 33.5 Å². The molecule has 0 spiro atoms. The SMILES string of the molecule is COC(=O)N[C@H](C(=O)N1CCC[C@H]1c1ncc(-c2ccc(-c3ccc(-c4ccc5c(=O)[nH]c([C@@H]6CCCN6C(=O)[C@@H](NC(=O)OC)C(C)C)nc5c4)c4c3C3CC(C)(F)C3C4)cc2)[nH]1)C(C)C. The number of likely N-dealkylation sites (tertiary alicyclic amines) is 2. The molecule has 4 amide bonds. The fourth-order valence-corrected chi connectivity index (χ4v) is 11.0. The highest BCUT2D eigenvalue weighted by atomic mass is 19.1. The minimum atomic E-state index is -1.29. The number of imidazole rings is 1. The first-order chi connectivity index (χ1) is 32.1. The summed E-state index contributed by atoms with van der Waals surface area (Å²) in [6, 6.07) is 15.8. The Kier molecular flexibility index (Phi) is 12.2. The van der Waals surface area contributed by atoms with Gasteiger partial charge >= 0.3 is 12.2 Å². The van der Waals surface area contributed by atoms with E-state index in [4.69, 9.17) is 19.4 Å². The molecule has 3 aromatic carbocycles. The fraction of sp³-hybridized carbons (Fsp3) is 0.471. The molecule has 5 aromatic rings. The van der Waals surface area contributed by atoms with Gasteiger partial charge < -0.3 is 39.9 Å². The molecule has 2 aliphatic heterocycles. The molecule has 1 saturated carbocycles. The smallest absolute Gasteiger partial charge is 0.407 e. The Bertz CT molecular complexity index is 2800. The van der Waals surface area contributed by atoms with Gasteiger partial charge in [0.25, 0.3) is 5.56 Å². The fourth-order valence-electron chi connectivity index (χ4n) is 11.0. The van der Waals surface area contributed by atoms with Gasteiger partial charge in [0, 0.05) is 19.0 Å². The van der Waals surface area contributed by atoms with E-state index in [9.17, 15) is 24.0 Å². The van der Waals surface area contributed by atoms with Gasteiger partial charge in [-0.25, -0.2) is 23.9 Å². The second kappa shape index (κ2) is 17.9. The third-order valence-corrected chi connectivity index (χ3v) is 14.7. The van der Waals surface area contributed by atoms with Gasteiger partial charge in [0.15, 0.2) is 0 Å². The summed E-state index contributed by atoms with van der Waals surface area (Å²) >= 11 is 0. The number of aromatic amines is 2. The molecule has 16 heteroatoms. The van der Waals surface area contributed by atoms with E-state index in [1.165, 1.54) is 14.2 Å². The maximum absolute atomic E-state index is 15.9. The Morgan fingerprint density at radius 2 is 1.34 bits per heavy atom. The summed E-state index contributed by atoms with van der Waals surface area (Å²) in [5.74, 6) is 0.226. The highest BCUT2D eigenvalue weighted by molar-refractivity contribution is 5.89. The molecular formula is C51H59FN8O7. The van der Waals surface area contributed by atoms with E-state index < -0.39 is 36.0 Å². The number of ether oxygens (including phenoxy) is 2.